The highest BCUT2D eigenvalue weighted by Crippen LogP contribution is 2.17. The molecule has 0 aliphatic carbocycles. The summed E-state index contributed by atoms with van der Waals surface area (Å²) in [6, 6.07) is 0. The molecule has 0 aromatic heterocycles. The summed E-state index contributed by atoms with van der Waals surface area (Å²) in [6.07, 6.45) is 7.35. The molecule has 0 amide bonds. The van der Waals surface area contributed by atoms with Gasteiger partial charge in [0.1, 0.15) is 11.2 Å². The summed E-state index contributed by atoms with van der Waals surface area (Å²) in [4.78, 5) is 23.3. The van der Waals surface area contributed by atoms with Gasteiger partial charge in [-0.15, -0.1) is 0 Å². The van der Waals surface area contributed by atoms with Crippen molar-refractivity contribution in [2.45, 2.75) is 111 Å². The minimum Gasteiger partial charge on any atom is -0.460 e. The van der Waals surface area contributed by atoms with Gasteiger partial charge in [-0.2, -0.15) is 0 Å². The topological polar surface area (TPSA) is 52.6 Å². The predicted molar refractivity (Wildman–Crippen MR) is 93.2 cm³/mol. The molecule has 0 atom stereocenters. The van der Waals surface area contributed by atoms with Gasteiger partial charge < -0.3 is 9.47 Å². The molecule has 0 unspecified atom stereocenters. The molecule has 4 heteroatoms. The Morgan fingerprint density at radius 2 is 0.957 bits per heavy atom. The molecule has 0 heterocycles. The first-order valence-electron chi connectivity index (χ1n) is 9.05. The van der Waals surface area contributed by atoms with Crippen molar-refractivity contribution >= 4 is 11.9 Å². The van der Waals surface area contributed by atoms with Crippen LogP contribution in [0.15, 0.2) is 0 Å². The van der Waals surface area contributed by atoms with E-state index in [2.05, 4.69) is 0 Å². The van der Waals surface area contributed by atoms with Crippen molar-refractivity contribution in [1.82, 2.24) is 0 Å². The fraction of sp³-hybridized carbons (Fsp3) is 0.895. The van der Waals surface area contributed by atoms with E-state index in [9.17, 15) is 9.59 Å². The molecule has 0 bridgehead atoms. The van der Waals surface area contributed by atoms with Crippen LogP contribution in [0, 0.1) is 0 Å². The van der Waals surface area contributed by atoms with Gasteiger partial charge in [0.25, 0.3) is 0 Å². The first-order chi connectivity index (χ1) is 10.6. The van der Waals surface area contributed by atoms with Crippen molar-refractivity contribution in [3.8, 4) is 0 Å². The average molecular weight is 328 g/mol. The summed E-state index contributed by atoms with van der Waals surface area (Å²) in [5.74, 6) is -0.218. The van der Waals surface area contributed by atoms with E-state index >= 15 is 0 Å². The Balaban J connectivity index is 3.60. The Kier molecular flexibility index (Phi) is 10.2. The SMILES string of the molecule is CCC(C)(C)OC(=O)CCCCCCCC(=O)OC(C)(C)CC. The summed E-state index contributed by atoms with van der Waals surface area (Å²) < 4.78 is 10.8. The highest BCUT2D eigenvalue weighted by molar-refractivity contribution is 5.70. The fourth-order valence-electron chi connectivity index (χ4n) is 1.93. The molecule has 4 nitrogen and oxygen atoms in total. The molecule has 0 fully saturated rings. The maximum Gasteiger partial charge on any atom is 0.306 e. The number of carbonyl (C=O) groups excluding carboxylic acids is 2. The van der Waals surface area contributed by atoms with E-state index in [0.717, 1.165) is 44.9 Å². The van der Waals surface area contributed by atoms with Crippen molar-refractivity contribution in [2.75, 3.05) is 0 Å². The largest absolute Gasteiger partial charge is 0.460 e. The van der Waals surface area contributed by atoms with Gasteiger partial charge in [-0.1, -0.05) is 33.1 Å². The zero-order valence-electron chi connectivity index (χ0n) is 16.0. The van der Waals surface area contributed by atoms with E-state index in [4.69, 9.17) is 9.47 Å². The third-order valence-electron chi connectivity index (χ3n) is 4.24. The summed E-state index contributed by atoms with van der Waals surface area (Å²) in [6.45, 7) is 11.8. The molecule has 136 valence electrons. The molecule has 0 aliphatic rings. The lowest BCUT2D eigenvalue weighted by molar-refractivity contribution is -0.157. The van der Waals surface area contributed by atoms with E-state index in [1.54, 1.807) is 0 Å². The van der Waals surface area contributed by atoms with E-state index in [0.29, 0.717) is 12.8 Å². The molecule has 0 radical (unpaired) electrons. The van der Waals surface area contributed by atoms with Crippen LogP contribution in [0.5, 0.6) is 0 Å². The lowest BCUT2D eigenvalue weighted by Crippen LogP contribution is -2.26. The Morgan fingerprint density at radius 3 is 1.26 bits per heavy atom. The van der Waals surface area contributed by atoms with Crippen molar-refractivity contribution in [3.05, 3.63) is 0 Å². The minimum atomic E-state index is -0.357. The van der Waals surface area contributed by atoms with Crippen molar-refractivity contribution in [1.29, 1.82) is 0 Å². The fourth-order valence-corrected chi connectivity index (χ4v) is 1.93. The zero-order valence-corrected chi connectivity index (χ0v) is 16.0. The van der Waals surface area contributed by atoms with Crippen LogP contribution in [0.2, 0.25) is 0 Å². The molecule has 0 saturated carbocycles. The van der Waals surface area contributed by atoms with Gasteiger partial charge in [-0.25, -0.2) is 0 Å². The summed E-state index contributed by atoms with van der Waals surface area (Å²) in [5, 5.41) is 0. The third kappa shape index (κ3) is 12.1. The first kappa shape index (κ1) is 21.9. The van der Waals surface area contributed by atoms with Gasteiger partial charge in [-0.05, 0) is 53.4 Å². The lowest BCUT2D eigenvalue weighted by atomic mass is 10.1. The van der Waals surface area contributed by atoms with Gasteiger partial charge in [0.05, 0.1) is 0 Å². The number of unbranched alkanes of at least 4 members (excludes halogenated alkanes) is 4. The van der Waals surface area contributed by atoms with Crippen molar-refractivity contribution in [3.63, 3.8) is 0 Å². The second-order valence-corrected chi connectivity index (χ2v) is 7.44. The zero-order chi connectivity index (χ0) is 17.9. The molecule has 0 aliphatic heterocycles. The van der Waals surface area contributed by atoms with Crippen LogP contribution >= 0.6 is 0 Å². The molecule has 0 saturated heterocycles. The molecule has 0 rings (SSSR count). The van der Waals surface area contributed by atoms with E-state index < -0.39 is 0 Å². The Labute approximate surface area is 142 Å². The van der Waals surface area contributed by atoms with Crippen LogP contribution in [0.3, 0.4) is 0 Å². The number of carbonyl (C=O) groups is 2. The molecule has 0 N–H and O–H groups in total. The predicted octanol–water partition coefficient (Wildman–Crippen LogP) is 5.18. The Bertz CT molecular complexity index is 324. The standard InChI is InChI=1S/C19H36O4/c1-7-18(3,4)22-16(20)14-12-10-9-11-13-15-17(21)23-19(5,6)8-2/h7-15H2,1-6H3. The molecule has 0 aromatic rings. The van der Waals surface area contributed by atoms with Crippen LogP contribution in [0.1, 0.15) is 99.3 Å². The van der Waals surface area contributed by atoms with Crippen molar-refractivity contribution < 1.29 is 19.1 Å². The maximum atomic E-state index is 11.7. The van der Waals surface area contributed by atoms with Gasteiger partial charge in [-0.3, -0.25) is 9.59 Å². The van der Waals surface area contributed by atoms with Crippen LogP contribution < -0.4 is 0 Å². The molecule has 0 spiro atoms. The number of hydrogen-bond donors (Lipinski definition) is 0. The van der Waals surface area contributed by atoms with Crippen LogP contribution in [0.4, 0.5) is 0 Å². The second kappa shape index (κ2) is 10.7. The maximum absolute atomic E-state index is 11.7. The third-order valence-corrected chi connectivity index (χ3v) is 4.24. The number of esters is 2. The van der Waals surface area contributed by atoms with Crippen molar-refractivity contribution in [2.24, 2.45) is 0 Å². The molecule has 0 aromatic carbocycles. The molecular weight excluding hydrogens is 292 g/mol. The highest BCUT2D eigenvalue weighted by atomic mass is 16.6. The van der Waals surface area contributed by atoms with Crippen LogP contribution in [-0.4, -0.2) is 23.1 Å². The van der Waals surface area contributed by atoms with E-state index in [1.807, 2.05) is 41.5 Å². The number of hydrogen-bond acceptors (Lipinski definition) is 4. The van der Waals surface area contributed by atoms with Crippen LogP contribution in [-0.2, 0) is 19.1 Å². The van der Waals surface area contributed by atoms with Gasteiger partial charge in [0.2, 0.25) is 0 Å². The lowest BCUT2D eigenvalue weighted by Gasteiger charge is -2.23. The minimum absolute atomic E-state index is 0.109. The second-order valence-electron chi connectivity index (χ2n) is 7.44. The first-order valence-corrected chi connectivity index (χ1v) is 9.05. The van der Waals surface area contributed by atoms with Gasteiger partial charge >= 0.3 is 11.9 Å². The van der Waals surface area contributed by atoms with Gasteiger partial charge in [0, 0.05) is 12.8 Å². The Morgan fingerprint density at radius 1 is 0.652 bits per heavy atom. The van der Waals surface area contributed by atoms with E-state index in [1.165, 1.54) is 0 Å². The number of ether oxygens (including phenoxy) is 2. The Hall–Kier alpha value is -1.06. The molecular formula is C19H36O4. The van der Waals surface area contributed by atoms with Gasteiger partial charge in [0.15, 0.2) is 0 Å². The number of rotatable bonds is 12. The quantitative estimate of drug-likeness (QED) is 0.366. The molecule has 23 heavy (non-hydrogen) atoms. The monoisotopic (exact) mass is 328 g/mol. The normalized spacial score (nSPS) is 12.1. The summed E-state index contributed by atoms with van der Waals surface area (Å²) in [5.41, 5.74) is -0.715. The summed E-state index contributed by atoms with van der Waals surface area (Å²) in [7, 11) is 0. The van der Waals surface area contributed by atoms with Crippen LogP contribution in [0.25, 0.3) is 0 Å². The summed E-state index contributed by atoms with van der Waals surface area (Å²) >= 11 is 0. The average Bonchev–Trinajstić information content (AvgIpc) is 2.45. The smallest absolute Gasteiger partial charge is 0.306 e. The van der Waals surface area contributed by atoms with E-state index in [-0.39, 0.29) is 23.1 Å². The highest BCUT2D eigenvalue weighted by Gasteiger charge is 2.20.